The van der Waals surface area contributed by atoms with E-state index in [1.165, 1.54) is 0 Å². The van der Waals surface area contributed by atoms with Gasteiger partial charge in [0.2, 0.25) is 0 Å². The smallest absolute Gasteiger partial charge is 0.342 e. The number of hydrogen-bond acceptors (Lipinski definition) is 4. The van der Waals surface area contributed by atoms with Crippen LogP contribution in [0.1, 0.15) is 22.2 Å². The van der Waals surface area contributed by atoms with Crippen LogP contribution in [0.5, 0.6) is 0 Å². The lowest BCUT2D eigenvalue weighted by Crippen LogP contribution is -2.02. The summed E-state index contributed by atoms with van der Waals surface area (Å²) in [6.45, 7) is 0.264. The molecule has 4 nitrogen and oxygen atoms in total. The third-order valence-electron chi connectivity index (χ3n) is 1.83. The number of esters is 1. The Labute approximate surface area is 74.1 Å². The van der Waals surface area contributed by atoms with E-state index in [9.17, 15) is 9.59 Å². The van der Waals surface area contributed by atoms with Gasteiger partial charge in [0.25, 0.3) is 12.8 Å². The van der Waals surface area contributed by atoms with Crippen LogP contribution in [0.15, 0.2) is 24.3 Å². The van der Waals surface area contributed by atoms with Crippen molar-refractivity contribution in [1.82, 2.24) is 0 Å². The van der Waals surface area contributed by atoms with E-state index < -0.39 is 12.3 Å². The van der Waals surface area contributed by atoms with E-state index in [4.69, 9.17) is 4.74 Å². The molecule has 0 N–H and O–H groups in total. The van der Waals surface area contributed by atoms with Crippen molar-refractivity contribution in [2.75, 3.05) is 0 Å². The Balaban J connectivity index is 2.41. The van der Waals surface area contributed by atoms with Crippen molar-refractivity contribution >= 4 is 12.4 Å². The molecule has 0 saturated carbocycles. The molecule has 2 rings (SSSR count). The molecule has 0 amide bonds. The molecule has 0 saturated heterocycles. The Morgan fingerprint density at radius 2 is 2.15 bits per heavy atom. The Hall–Kier alpha value is -1.84. The van der Waals surface area contributed by atoms with E-state index in [0.717, 1.165) is 0 Å². The highest BCUT2D eigenvalue weighted by molar-refractivity contribution is 5.93. The van der Waals surface area contributed by atoms with Gasteiger partial charge in [-0.2, -0.15) is 0 Å². The van der Waals surface area contributed by atoms with Gasteiger partial charge in [-0.3, -0.25) is 4.79 Å². The summed E-state index contributed by atoms with van der Waals surface area (Å²) in [6.07, 6.45) is -0.874. The van der Waals surface area contributed by atoms with Gasteiger partial charge in [-0.05, 0) is 6.07 Å². The molecule has 1 aromatic rings. The van der Waals surface area contributed by atoms with E-state index >= 15 is 0 Å². The third kappa shape index (κ3) is 1.16. The average molecular weight is 178 g/mol. The number of hydrogen-bond donors (Lipinski definition) is 0. The van der Waals surface area contributed by atoms with Gasteiger partial charge in [0.05, 0.1) is 5.56 Å². The molecule has 13 heavy (non-hydrogen) atoms. The predicted molar refractivity (Wildman–Crippen MR) is 41.7 cm³/mol. The predicted octanol–water partition coefficient (Wildman–Crippen LogP) is 1.03. The molecule has 1 aliphatic heterocycles. The van der Waals surface area contributed by atoms with Crippen LogP contribution in [0.4, 0.5) is 0 Å². The van der Waals surface area contributed by atoms with E-state index in [1.807, 2.05) is 0 Å². The molecule has 1 aliphatic rings. The first-order valence-electron chi connectivity index (χ1n) is 3.72. The van der Waals surface area contributed by atoms with Crippen molar-refractivity contribution < 1.29 is 19.1 Å². The SMILES string of the molecule is O=CO[C@H]1OC(=O)c2ccccc21. The van der Waals surface area contributed by atoms with Crippen molar-refractivity contribution in [3.8, 4) is 0 Å². The van der Waals surface area contributed by atoms with Gasteiger partial charge in [-0.1, -0.05) is 18.2 Å². The molecular weight excluding hydrogens is 172 g/mol. The fourth-order valence-electron chi connectivity index (χ4n) is 1.26. The van der Waals surface area contributed by atoms with Crippen LogP contribution >= 0.6 is 0 Å². The number of carbonyl (C=O) groups excluding carboxylic acids is 2. The van der Waals surface area contributed by atoms with Crippen molar-refractivity contribution in [3.63, 3.8) is 0 Å². The summed E-state index contributed by atoms with van der Waals surface area (Å²) in [6, 6.07) is 6.80. The molecule has 0 unspecified atom stereocenters. The fourth-order valence-corrected chi connectivity index (χ4v) is 1.26. The first-order valence-corrected chi connectivity index (χ1v) is 3.72. The van der Waals surface area contributed by atoms with Gasteiger partial charge in [0.1, 0.15) is 0 Å². The van der Waals surface area contributed by atoms with E-state index in [0.29, 0.717) is 11.1 Å². The Kier molecular flexibility index (Phi) is 1.73. The van der Waals surface area contributed by atoms with E-state index in [-0.39, 0.29) is 6.47 Å². The summed E-state index contributed by atoms with van der Waals surface area (Å²) in [5.74, 6) is -0.456. The highest BCUT2D eigenvalue weighted by Crippen LogP contribution is 2.30. The molecular formula is C9H6O4. The summed E-state index contributed by atoms with van der Waals surface area (Å²) < 4.78 is 9.36. The lowest BCUT2D eigenvalue weighted by molar-refractivity contribution is -0.151. The van der Waals surface area contributed by atoms with Crippen molar-refractivity contribution in [2.24, 2.45) is 0 Å². The molecule has 0 aromatic heterocycles. The number of benzene rings is 1. The maximum atomic E-state index is 11.1. The van der Waals surface area contributed by atoms with Crippen LogP contribution in [0.3, 0.4) is 0 Å². The van der Waals surface area contributed by atoms with Gasteiger partial charge in [0.15, 0.2) is 0 Å². The maximum Gasteiger partial charge on any atom is 0.342 e. The molecule has 4 heteroatoms. The topological polar surface area (TPSA) is 52.6 Å². The lowest BCUT2D eigenvalue weighted by atomic mass is 10.1. The van der Waals surface area contributed by atoms with Crippen molar-refractivity contribution in [1.29, 1.82) is 0 Å². The highest BCUT2D eigenvalue weighted by atomic mass is 16.7. The second kappa shape index (κ2) is 2.90. The third-order valence-corrected chi connectivity index (χ3v) is 1.83. The first kappa shape index (κ1) is 7.79. The number of fused-ring (bicyclic) bond motifs is 1. The summed E-state index contributed by atoms with van der Waals surface area (Å²) in [4.78, 5) is 21.2. The molecule has 1 heterocycles. The minimum Gasteiger partial charge on any atom is -0.423 e. The molecule has 0 fully saturated rings. The summed E-state index contributed by atoms with van der Waals surface area (Å²) >= 11 is 0. The summed E-state index contributed by atoms with van der Waals surface area (Å²) in [7, 11) is 0. The highest BCUT2D eigenvalue weighted by Gasteiger charge is 2.31. The first-order chi connectivity index (χ1) is 6.33. The van der Waals surface area contributed by atoms with Gasteiger partial charge in [0, 0.05) is 5.56 Å². The largest absolute Gasteiger partial charge is 0.423 e. The van der Waals surface area contributed by atoms with Crippen LogP contribution in [-0.2, 0) is 14.3 Å². The zero-order valence-electron chi connectivity index (χ0n) is 6.60. The Morgan fingerprint density at radius 3 is 2.92 bits per heavy atom. The second-order valence-corrected chi connectivity index (χ2v) is 2.56. The van der Waals surface area contributed by atoms with Crippen LogP contribution in [0, 0.1) is 0 Å². The van der Waals surface area contributed by atoms with Crippen LogP contribution in [0.25, 0.3) is 0 Å². The quantitative estimate of drug-likeness (QED) is 0.501. The normalized spacial score (nSPS) is 19.1. The standard InChI is InChI=1S/C9H6O4/c10-5-12-9-7-4-2-1-3-6(7)8(11)13-9/h1-5,9H/t9-/m0/s1. The van der Waals surface area contributed by atoms with Gasteiger partial charge in [-0.15, -0.1) is 0 Å². The maximum absolute atomic E-state index is 11.1. The molecule has 66 valence electrons. The number of carbonyl (C=O) groups is 2. The Morgan fingerprint density at radius 1 is 1.38 bits per heavy atom. The zero-order chi connectivity index (χ0) is 9.26. The molecule has 0 bridgehead atoms. The van der Waals surface area contributed by atoms with Crippen LogP contribution in [-0.4, -0.2) is 12.4 Å². The van der Waals surface area contributed by atoms with Crippen molar-refractivity contribution in [2.45, 2.75) is 6.29 Å². The van der Waals surface area contributed by atoms with Crippen LogP contribution < -0.4 is 0 Å². The number of rotatable bonds is 2. The number of cyclic esters (lactones) is 1. The average Bonchev–Trinajstić information content (AvgIpc) is 2.46. The fraction of sp³-hybridized carbons (Fsp3) is 0.111. The van der Waals surface area contributed by atoms with Gasteiger partial charge >= 0.3 is 5.97 Å². The minimum absolute atomic E-state index is 0.264. The van der Waals surface area contributed by atoms with E-state index in [1.54, 1.807) is 24.3 Å². The van der Waals surface area contributed by atoms with Gasteiger partial charge in [-0.25, -0.2) is 4.79 Å². The van der Waals surface area contributed by atoms with Crippen LogP contribution in [0.2, 0.25) is 0 Å². The molecule has 1 atom stereocenters. The van der Waals surface area contributed by atoms with Gasteiger partial charge < -0.3 is 9.47 Å². The molecule has 0 radical (unpaired) electrons. The summed E-state index contributed by atoms with van der Waals surface area (Å²) in [5, 5.41) is 0. The second-order valence-electron chi connectivity index (χ2n) is 2.56. The molecule has 1 aromatic carbocycles. The summed E-state index contributed by atoms with van der Waals surface area (Å²) in [5.41, 5.74) is 1.05. The number of ether oxygens (including phenoxy) is 2. The Bertz CT molecular complexity index is 358. The molecule has 0 aliphatic carbocycles. The minimum atomic E-state index is -0.874. The van der Waals surface area contributed by atoms with Crippen molar-refractivity contribution in [3.05, 3.63) is 35.4 Å². The lowest BCUT2D eigenvalue weighted by Gasteiger charge is -2.06. The zero-order valence-corrected chi connectivity index (χ0v) is 6.60. The monoisotopic (exact) mass is 178 g/mol. The van der Waals surface area contributed by atoms with E-state index in [2.05, 4.69) is 4.74 Å². The molecule has 0 spiro atoms.